The highest BCUT2D eigenvalue weighted by atomic mass is 19.4. The van der Waals surface area contributed by atoms with Crippen LogP contribution in [0.1, 0.15) is 5.69 Å². The molecule has 0 bridgehead atoms. The Morgan fingerprint density at radius 2 is 1.76 bits per heavy atom. The number of alkyl halides is 3. The highest BCUT2D eigenvalue weighted by Crippen LogP contribution is 2.37. The van der Waals surface area contributed by atoms with Crippen LogP contribution in [0, 0.1) is 0 Å². The number of hydrogen-bond acceptors (Lipinski definition) is 6. The van der Waals surface area contributed by atoms with Crippen molar-refractivity contribution in [1.29, 1.82) is 0 Å². The first kappa shape index (κ1) is 18.3. The van der Waals surface area contributed by atoms with Gasteiger partial charge in [0.1, 0.15) is 5.82 Å². The third kappa shape index (κ3) is 3.70. The molecule has 1 amide bonds. The normalized spacial score (nSPS) is 11.4. The van der Waals surface area contributed by atoms with Crippen molar-refractivity contribution in [1.82, 2.24) is 24.7 Å². The van der Waals surface area contributed by atoms with Crippen LogP contribution >= 0.6 is 0 Å². The van der Waals surface area contributed by atoms with Gasteiger partial charge in [-0.3, -0.25) is 5.32 Å². The number of benzene rings is 1. The first-order chi connectivity index (χ1) is 13.9. The van der Waals surface area contributed by atoms with E-state index in [4.69, 9.17) is 4.74 Å². The lowest BCUT2D eigenvalue weighted by molar-refractivity contribution is -0.143. The zero-order valence-electron chi connectivity index (χ0n) is 14.5. The Morgan fingerprint density at radius 3 is 2.52 bits per heavy atom. The molecule has 1 aromatic carbocycles. The van der Waals surface area contributed by atoms with Crippen LogP contribution in [-0.4, -0.2) is 30.8 Å². The van der Waals surface area contributed by atoms with E-state index in [1.807, 2.05) is 0 Å². The van der Waals surface area contributed by atoms with Crippen molar-refractivity contribution < 1.29 is 22.7 Å². The van der Waals surface area contributed by atoms with Gasteiger partial charge in [-0.15, -0.1) is 0 Å². The minimum atomic E-state index is -4.87. The smallest absolute Gasteiger partial charge is 0.406 e. The maximum atomic E-state index is 13.6. The summed E-state index contributed by atoms with van der Waals surface area (Å²) in [6, 6.07) is 10.2. The molecule has 4 aromatic rings. The second-order valence-corrected chi connectivity index (χ2v) is 5.71. The molecule has 3 heterocycles. The van der Waals surface area contributed by atoms with Gasteiger partial charge in [-0.2, -0.15) is 23.0 Å². The Kier molecular flexibility index (Phi) is 4.55. The number of rotatable bonds is 3. The van der Waals surface area contributed by atoms with E-state index < -0.39 is 23.7 Å². The molecule has 3 aromatic heterocycles. The standard InChI is InChI=1S/C18H11F3N6O2/c19-18(20,21)14-13(10-25-27(14)16-23-7-3-8-24-16)29-17(28)26-15-12-5-2-1-4-11(12)6-9-22-15/h1-10H,(H,22,26,28). The summed E-state index contributed by atoms with van der Waals surface area (Å²) in [5.41, 5.74) is -1.32. The molecule has 0 unspecified atom stereocenters. The van der Waals surface area contributed by atoms with Gasteiger partial charge in [0.2, 0.25) is 0 Å². The van der Waals surface area contributed by atoms with Gasteiger partial charge < -0.3 is 4.74 Å². The summed E-state index contributed by atoms with van der Waals surface area (Å²) < 4.78 is 46.1. The van der Waals surface area contributed by atoms with Crippen molar-refractivity contribution in [2.75, 3.05) is 5.32 Å². The lowest BCUT2D eigenvalue weighted by Gasteiger charge is -2.12. The van der Waals surface area contributed by atoms with Gasteiger partial charge in [0.25, 0.3) is 5.95 Å². The maximum absolute atomic E-state index is 13.6. The molecule has 4 rings (SSSR count). The number of aromatic nitrogens is 5. The molecule has 0 fully saturated rings. The van der Waals surface area contributed by atoms with E-state index in [1.165, 1.54) is 24.7 Å². The van der Waals surface area contributed by atoms with Crippen LogP contribution in [0.15, 0.2) is 61.2 Å². The number of carbonyl (C=O) groups is 1. The van der Waals surface area contributed by atoms with E-state index in [0.717, 1.165) is 11.6 Å². The van der Waals surface area contributed by atoms with Gasteiger partial charge in [-0.05, 0) is 17.5 Å². The zero-order valence-corrected chi connectivity index (χ0v) is 14.5. The van der Waals surface area contributed by atoms with Crippen LogP contribution in [0.25, 0.3) is 16.7 Å². The predicted octanol–water partition coefficient (Wildman–Crippen LogP) is 3.84. The van der Waals surface area contributed by atoms with Gasteiger partial charge in [-0.25, -0.2) is 19.7 Å². The number of amides is 1. The fourth-order valence-electron chi connectivity index (χ4n) is 2.66. The van der Waals surface area contributed by atoms with Crippen LogP contribution in [0.5, 0.6) is 5.75 Å². The summed E-state index contributed by atoms with van der Waals surface area (Å²) in [5, 5.41) is 7.37. The van der Waals surface area contributed by atoms with Crippen molar-refractivity contribution >= 4 is 22.7 Å². The van der Waals surface area contributed by atoms with Gasteiger partial charge in [-0.1, -0.05) is 24.3 Å². The van der Waals surface area contributed by atoms with Crippen molar-refractivity contribution in [3.05, 3.63) is 66.9 Å². The molecule has 0 atom stereocenters. The number of nitrogens with zero attached hydrogens (tertiary/aromatic N) is 5. The molecule has 0 spiro atoms. The number of anilines is 1. The first-order valence-electron chi connectivity index (χ1n) is 8.18. The SMILES string of the molecule is O=C(Nc1nccc2ccccc12)Oc1cnn(-c2ncccn2)c1C(F)(F)F. The molecule has 0 saturated carbocycles. The average Bonchev–Trinajstić information content (AvgIpc) is 3.13. The number of ether oxygens (including phenoxy) is 1. The van der Waals surface area contributed by atoms with Crippen molar-refractivity contribution in [2.45, 2.75) is 6.18 Å². The number of halogens is 3. The molecular weight excluding hydrogens is 389 g/mol. The van der Waals surface area contributed by atoms with E-state index in [-0.39, 0.29) is 11.8 Å². The second-order valence-electron chi connectivity index (χ2n) is 5.71. The van der Waals surface area contributed by atoms with Crippen LogP contribution < -0.4 is 10.1 Å². The number of fused-ring (bicyclic) bond motifs is 1. The van der Waals surface area contributed by atoms with Crippen LogP contribution in [0.2, 0.25) is 0 Å². The lowest BCUT2D eigenvalue weighted by atomic mass is 10.1. The van der Waals surface area contributed by atoms with Gasteiger partial charge >= 0.3 is 12.3 Å². The summed E-state index contributed by atoms with van der Waals surface area (Å²) >= 11 is 0. The summed E-state index contributed by atoms with van der Waals surface area (Å²) in [6.07, 6.45) is -1.25. The molecule has 11 heteroatoms. The van der Waals surface area contributed by atoms with Crippen LogP contribution in [-0.2, 0) is 6.18 Å². The van der Waals surface area contributed by atoms with E-state index in [0.29, 0.717) is 10.1 Å². The summed E-state index contributed by atoms with van der Waals surface area (Å²) in [6.45, 7) is 0. The molecule has 146 valence electrons. The van der Waals surface area contributed by atoms with E-state index in [9.17, 15) is 18.0 Å². The number of carbonyl (C=O) groups excluding carboxylic acids is 1. The molecule has 29 heavy (non-hydrogen) atoms. The quantitative estimate of drug-likeness (QED) is 0.562. The first-order valence-corrected chi connectivity index (χ1v) is 8.18. The van der Waals surface area contributed by atoms with E-state index in [1.54, 1.807) is 30.3 Å². The van der Waals surface area contributed by atoms with E-state index in [2.05, 4.69) is 25.4 Å². The molecule has 0 aliphatic heterocycles. The Bertz CT molecular complexity index is 1170. The molecule has 0 aliphatic rings. The minimum Gasteiger partial charge on any atom is -0.406 e. The largest absolute Gasteiger partial charge is 0.437 e. The summed E-state index contributed by atoms with van der Waals surface area (Å²) in [5.74, 6) is -0.950. The number of pyridine rings is 1. The van der Waals surface area contributed by atoms with Crippen molar-refractivity contribution in [2.24, 2.45) is 0 Å². The molecule has 0 saturated heterocycles. The lowest BCUT2D eigenvalue weighted by Crippen LogP contribution is -2.21. The number of hydrogen-bond donors (Lipinski definition) is 1. The highest BCUT2D eigenvalue weighted by Gasteiger charge is 2.41. The fraction of sp³-hybridized carbons (Fsp3) is 0.0556. The molecule has 8 nitrogen and oxygen atoms in total. The highest BCUT2D eigenvalue weighted by molar-refractivity contribution is 5.98. The molecular formula is C18H11F3N6O2. The fourth-order valence-corrected chi connectivity index (χ4v) is 2.66. The Morgan fingerprint density at radius 1 is 1.00 bits per heavy atom. The molecule has 0 aliphatic carbocycles. The van der Waals surface area contributed by atoms with Gasteiger partial charge in [0.15, 0.2) is 11.4 Å². The van der Waals surface area contributed by atoms with Gasteiger partial charge in [0, 0.05) is 24.0 Å². The average molecular weight is 400 g/mol. The minimum absolute atomic E-state index is 0.153. The monoisotopic (exact) mass is 400 g/mol. The van der Waals surface area contributed by atoms with Crippen molar-refractivity contribution in [3.8, 4) is 11.7 Å². The molecule has 0 radical (unpaired) electrons. The third-order valence-corrected chi connectivity index (χ3v) is 3.84. The Balaban J connectivity index is 1.64. The van der Waals surface area contributed by atoms with Crippen molar-refractivity contribution in [3.63, 3.8) is 0 Å². The molecule has 1 N–H and O–H groups in total. The Labute approximate surface area is 161 Å². The van der Waals surface area contributed by atoms with Crippen LogP contribution in [0.3, 0.4) is 0 Å². The van der Waals surface area contributed by atoms with Gasteiger partial charge in [0.05, 0.1) is 6.20 Å². The topological polar surface area (TPSA) is 94.8 Å². The summed E-state index contributed by atoms with van der Waals surface area (Å²) in [7, 11) is 0. The maximum Gasteiger partial charge on any atom is 0.437 e. The predicted molar refractivity (Wildman–Crippen MR) is 95.5 cm³/mol. The second kappa shape index (κ2) is 7.19. The van der Waals surface area contributed by atoms with E-state index >= 15 is 0 Å². The zero-order chi connectivity index (χ0) is 20.4. The number of nitrogens with one attached hydrogen (secondary N) is 1. The van der Waals surface area contributed by atoms with Crippen LogP contribution in [0.4, 0.5) is 23.8 Å². The third-order valence-electron chi connectivity index (χ3n) is 3.84. The summed E-state index contributed by atoms with van der Waals surface area (Å²) in [4.78, 5) is 23.8. The Hall–Kier alpha value is -4.02.